The van der Waals surface area contributed by atoms with Crippen LogP contribution in [-0.2, 0) is 9.59 Å². The minimum Gasteiger partial charge on any atom is -0.422 e. The number of carbonyl (C=O) groups excluding carboxylic acids is 2. The van der Waals surface area contributed by atoms with E-state index < -0.39 is 18.0 Å². The summed E-state index contributed by atoms with van der Waals surface area (Å²) < 4.78 is 10.7. The Morgan fingerprint density at radius 1 is 1.00 bits per heavy atom. The average Bonchev–Trinajstić information content (AvgIpc) is 2.53. The van der Waals surface area contributed by atoms with Crippen LogP contribution < -0.4 is 14.8 Å². The number of rotatable bonds is 7. The normalized spacial score (nSPS) is 13.0. The Kier molecular flexibility index (Phi) is 7.78. The van der Waals surface area contributed by atoms with Gasteiger partial charge in [-0.2, -0.15) is 0 Å². The number of hydrogen-bond acceptors (Lipinski definition) is 6. The van der Waals surface area contributed by atoms with Gasteiger partial charge in [0.2, 0.25) is 0 Å². The van der Waals surface area contributed by atoms with Gasteiger partial charge in [-0.3, -0.25) is 9.59 Å². The van der Waals surface area contributed by atoms with E-state index >= 15 is 0 Å². The second-order valence-corrected chi connectivity index (χ2v) is 8.00. The Morgan fingerprint density at radius 3 is 1.96 bits per heavy atom. The molecule has 26 heavy (non-hydrogen) atoms. The van der Waals surface area contributed by atoms with E-state index in [0.29, 0.717) is 12.1 Å². The molecule has 2 N–H and O–H groups in total. The SMILES string of the molecule is CC(C)C(=O)Oc1ccc([C@@H](O)CNC(C)(C)C)cc1OC(=O)C(C)C. The summed E-state index contributed by atoms with van der Waals surface area (Å²) in [4.78, 5) is 23.9. The highest BCUT2D eigenvalue weighted by atomic mass is 16.6. The summed E-state index contributed by atoms with van der Waals surface area (Å²) in [6.45, 7) is 13.2. The minimum absolute atomic E-state index is 0.130. The maximum atomic E-state index is 12.0. The quantitative estimate of drug-likeness (QED) is 0.570. The predicted molar refractivity (Wildman–Crippen MR) is 100 cm³/mol. The topological polar surface area (TPSA) is 84.9 Å². The summed E-state index contributed by atoms with van der Waals surface area (Å²) in [6.07, 6.45) is -0.791. The van der Waals surface area contributed by atoms with Crippen molar-refractivity contribution in [2.24, 2.45) is 11.8 Å². The first-order chi connectivity index (χ1) is 11.9. The maximum absolute atomic E-state index is 12.0. The first kappa shape index (κ1) is 22.1. The van der Waals surface area contributed by atoms with E-state index in [-0.39, 0.29) is 28.9 Å². The van der Waals surface area contributed by atoms with Crippen molar-refractivity contribution in [3.8, 4) is 11.5 Å². The lowest BCUT2D eigenvalue weighted by Crippen LogP contribution is -2.38. The van der Waals surface area contributed by atoms with E-state index in [2.05, 4.69) is 5.32 Å². The molecule has 1 atom stereocenters. The molecule has 0 saturated carbocycles. The van der Waals surface area contributed by atoms with Crippen LogP contribution in [0.1, 0.15) is 60.1 Å². The van der Waals surface area contributed by atoms with Gasteiger partial charge in [0.05, 0.1) is 17.9 Å². The number of aliphatic hydroxyl groups is 1. The number of hydrogen-bond donors (Lipinski definition) is 2. The highest BCUT2D eigenvalue weighted by Crippen LogP contribution is 2.32. The standard InChI is InChI=1S/C20H31NO5/c1-12(2)18(23)25-16-9-8-14(15(22)11-21-20(5,6)7)10-17(16)26-19(24)13(3)4/h8-10,12-13,15,21-22H,11H2,1-7H3/t15-/m0/s1. The van der Waals surface area contributed by atoms with Crippen LogP contribution in [0.15, 0.2) is 18.2 Å². The molecule has 1 aromatic carbocycles. The molecule has 0 heterocycles. The molecule has 6 heteroatoms. The molecule has 0 unspecified atom stereocenters. The monoisotopic (exact) mass is 365 g/mol. The zero-order valence-corrected chi connectivity index (χ0v) is 16.8. The van der Waals surface area contributed by atoms with Gasteiger partial charge in [-0.05, 0) is 38.5 Å². The van der Waals surface area contributed by atoms with Crippen LogP contribution in [0.4, 0.5) is 0 Å². The van der Waals surface area contributed by atoms with Crippen LogP contribution in [0.3, 0.4) is 0 Å². The van der Waals surface area contributed by atoms with Crippen molar-refractivity contribution in [2.75, 3.05) is 6.54 Å². The number of esters is 2. The van der Waals surface area contributed by atoms with Gasteiger partial charge in [-0.25, -0.2) is 0 Å². The molecule has 0 spiro atoms. The Labute approximate surface area is 155 Å². The lowest BCUT2D eigenvalue weighted by Gasteiger charge is -2.23. The smallest absolute Gasteiger partial charge is 0.313 e. The lowest BCUT2D eigenvalue weighted by molar-refractivity contribution is -0.140. The van der Waals surface area contributed by atoms with Crippen molar-refractivity contribution in [2.45, 2.75) is 60.1 Å². The second kappa shape index (κ2) is 9.14. The molecule has 0 radical (unpaired) electrons. The van der Waals surface area contributed by atoms with Crippen LogP contribution in [0.25, 0.3) is 0 Å². The first-order valence-electron chi connectivity index (χ1n) is 8.91. The zero-order chi connectivity index (χ0) is 20.1. The van der Waals surface area contributed by atoms with Crippen molar-refractivity contribution in [3.63, 3.8) is 0 Å². The molecule has 0 saturated heterocycles. The third-order valence-corrected chi connectivity index (χ3v) is 3.54. The van der Waals surface area contributed by atoms with E-state index in [1.807, 2.05) is 20.8 Å². The molecule has 146 valence electrons. The highest BCUT2D eigenvalue weighted by Gasteiger charge is 2.20. The van der Waals surface area contributed by atoms with E-state index in [0.717, 1.165) is 0 Å². The van der Waals surface area contributed by atoms with Gasteiger partial charge in [-0.1, -0.05) is 33.8 Å². The van der Waals surface area contributed by atoms with Crippen LogP contribution in [-0.4, -0.2) is 29.1 Å². The fourth-order valence-corrected chi connectivity index (χ4v) is 1.87. The third kappa shape index (κ3) is 7.14. The molecule has 0 aromatic heterocycles. The number of carbonyl (C=O) groups is 2. The van der Waals surface area contributed by atoms with Gasteiger partial charge in [0.1, 0.15) is 0 Å². The fourth-order valence-electron chi connectivity index (χ4n) is 1.87. The Morgan fingerprint density at radius 2 is 1.50 bits per heavy atom. The molecule has 1 aromatic rings. The molecule has 0 aliphatic heterocycles. The average molecular weight is 365 g/mol. The van der Waals surface area contributed by atoms with Gasteiger partial charge in [0.25, 0.3) is 0 Å². The number of β-amino-alcohol motifs (C(OH)–C–C–N with tert-alkyl or cyclic N) is 1. The summed E-state index contributed by atoms with van der Waals surface area (Å²) in [5.74, 6) is -1.21. The highest BCUT2D eigenvalue weighted by molar-refractivity contribution is 5.78. The van der Waals surface area contributed by atoms with E-state index in [1.165, 1.54) is 6.07 Å². The summed E-state index contributed by atoms with van der Waals surface area (Å²) in [6, 6.07) is 4.74. The van der Waals surface area contributed by atoms with Crippen molar-refractivity contribution in [1.82, 2.24) is 5.32 Å². The molecular formula is C20H31NO5. The molecule has 6 nitrogen and oxygen atoms in total. The van der Waals surface area contributed by atoms with Crippen LogP contribution in [0.5, 0.6) is 11.5 Å². The van der Waals surface area contributed by atoms with Gasteiger partial charge in [0.15, 0.2) is 11.5 Å². The largest absolute Gasteiger partial charge is 0.422 e. The summed E-state index contributed by atoms with van der Waals surface area (Å²) in [7, 11) is 0. The summed E-state index contributed by atoms with van der Waals surface area (Å²) in [5, 5.41) is 13.6. The summed E-state index contributed by atoms with van der Waals surface area (Å²) in [5.41, 5.74) is 0.429. The molecule has 0 aliphatic carbocycles. The third-order valence-electron chi connectivity index (χ3n) is 3.54. The van der Waals surface area contributed by atoms with Crippen LogP contribution in [0, 0.1) is 11.8 Å². The minimum atomic E-state index is -0.791. The molecule has 0 fully saturated rings. The Bertz CT molecular complexity index is 632. The van der Waals surface area contributed by atoms with Gasteiger partial charge < -0.3 is 19.9 Å². The van der Waals surface area contributed by atoms with E-state index in [9.17, 15) is 14.7 Å². The Hall–Kier alpha value is -1.92. The number of ether oxygens (including phenoxy) is 2. The molecule has 0 bridgehead atoms. The lowest BCUT2D eigenvalue weighted by atomic mass is 10.1. The predicted octanol–water partition coefficient (Wildman–Crippen LogP) is 3.23. The van der Waals surface area contributed by atoms with E-state index in [1.54, 1.807) is 39.8 Å². The molecular weight excluding hydrogens is 334 g/mol. The summed E-state index contributed by atoms with van der Waals surface area (Å²) >= 11 is 0. The van der Waals surface area contributed by atoms with Gasteiger partial charge in [0, 0.05) is 12.1 Å². The van der Waals surface area contributed by atoms with Gasteiger partial charge in [-0.15, -0.1) is 0 Å². The van der Waals surface area contributed by atoms with Crippen LogP contribution in [0.2, 0.25) is 0 Å². The van der Waals surface area contributed by atoms with Crippen molar-refractivity contribution >= 4 is 11.9 Å². The van der Waals surface area contributed by atoms with Gasteiger partial charge >= 0.3 is 11.9 Å². The first-order valence-corrected chi connectivity index (χ1v) is 8.91. The molecule has 1 rings (SSSR count). The van der Waals surface area contributed by atoms with Crippen molar-refractivity contribution < 1.29 is 24.2 Å². The zero-order valence-electron chi connectivity index (χ0n) is 16.8. The fraction of sp³-hybridized carbons (Fsp3) is 0.600. The van der Waals surface area contributed by atoms with Crippen molar-refractivity contribution in [3.05, 3.63) is 23.8 Å². The van der Waals surface area contributed by atoms with Crippen molar-refractivity contribution in [1.29, 1.82) is 0 Å². The Balaban J connectivity index is 3.08. The van der Waals surface area contributed by atoms with E-state index in [4.69, 9.17) is 9.47 Å². The maximum Gasteiger partial charge on any atom is 0.313 e. The second-order valence-electron chi connectivity index (χ2n) is 8.00. The number of nitrogens with one attached hydrogen (secondary N) is 1. The number of benzene rings is 1. The van der Waals surface area contributed by atoms with Crippen LogP contribution >= 0.6 is 0 Å². The molecule has 0 amide bonds. The molecule has 0 aliphatic rings. The number of aliphatic hydroxyl groups excluding tert-OH is 1.